The van der Waals surface area contributed by atoms with Crippen LogP contribution in [-0.4, -0.2) is 31.2 Å². The fourth-order valence-electron chi connectivity index (χ4n) is 1.61. The SMILES string of the molecule is C1O[C@@H]2O[C@H]1C[C@@H]1O[C@H]21. The summed E-state index contributed by atoms with van der Waals surface area (Å²) < 4.78 is 15.9. The highest BCUT2D eigenvalue weighted by Gasteiger charge is 2.55. The van der Waals surface area contributed by atoms with E-state index in [1.807, 2.05) is 0 Å². The normalized spacial score (nSPS) is 61.3. The fourth-order valence-corrected chi connectivity index (χ4v) is 1.61. The van der Waals surface area contributed by atoms with Crippen LogP contribution in [0.3, 0.4) is 0 Å². The fraction of sp³-hybridized carbons (Fsp3) is 1.00. The van der Waals surface area contributed by atoms with E-state index in [9.17, 15) is 0 Å². The maximum atomic E-state index is 5.40. The summed E-state index contributed by atoms with van der Waals surface area (Å²) in [5.41, 5.74) is 0. The summed E-state index contributed by atoms with van der Waals surface area (Å²) in [6, 6.07) is 0. The first kappa shape index (κ1) is 4.66. The van der Waals surface area contributed by atoms with Crippen molar-refractivity contribution in [2.24, 2.45) is 0 Å². The van der Waals surface area contributed by atoms with Gasteiger partial charge in [0.1, 0.15) is 6.10 Å². The summed E-state index contributed by atoms with van der Waals surface area (Å²) in [7, 11) is 0. The molecule has 0 N–H and O–H groups in total. The van der Waals surface area contributed by atoms with Crippen LogP contribution in [0.25, 0.3) is 0 Å². The van der Waals surface area contributed by atoms with Gasteiger partial charge in [0.2, 0.25) is 0 Å². The molecule has 3 nitrogen and oxygen atoms in total. The molecule has 0 amide bonds. The molecule has 0 spiro atoms. The Bertz CT molecular complexity index is 145. The van der Waals surface area contributed by atoms with Crippen LogP contribution in [0.1, 0.15) is 6.42 Å². The lowest BCUT2D eigenvalue weighted by Gasteiger charge is -2.12. The molecule has 0 aromatic carbocycles. The smallest absolute Gasteiger partial charge is 0.186 e. The molecule has 3 aliphatic heterocycles. The second kappa shape index (κ2) is 1.31. The zero-order valence-corrected chi connectivity index (χ0v) is 4.95. The van der Waals surface area contributed by atoms with Gasteiger partial charge < -0.3 is 14.2 Å². The summed E-state index contributed by atoms with van der Waals surface area (Å²) in [4.78, 5) is 0. The minimum Gasteiger partial charge on any atom is -0.364 e. The van der Waals surface area contributed by atoms with Crippen molar-refractivity contribution in [2.45, 2.75) is 31.0 Å². The van der Waals surface area contributed by atoms with E-state index in [0.717, 1.165) is 13.0 Å². The van der Waals surface area contributed by atoms with E-state index in [-0.39, 0.29) is 12.4 Å². The molecule has 0 aromatic heterocycles. The summed E-state index contributed by atoms with van der Waals surface area (Å²) >= 11 is 0. The monoisotopic (exact) mass is 128 g/mol. The van der Waals surface area contributed by atoms with Crippen LogP contribution in [0.5, 0.6) is 0 Å². The molecule has 3 fully saturated rings. The molecular formula is C6H8O3. The average molecular weight is 128 g/mol. The minimum absolute atomic E-state index is 0.0197. The predicted molar refractivity (Wildman–Crippen MR) is 27.9 cm³/mol. The Balaban J connectivity index is 1.90. The number of fused-ring (bicyclic) bond motifs is 4. The van der Waals surface area contributed by atoms with Crippen molar-refractivity contribution in [3.63, 3.8) is 0 Å². The third-order valence-corrected chi connectivity index (χ3v) is 2.16. The Morgan fingerprint density at radius 3 is 3.22 bits per heavy atom. The molecular weight excluding hydrogens is 120 g/mol. The van der Waals surface area contributed by atoms with Gasteiger partial charge >= 0.3 is 0 Å². The third kappa shape index (κ3) is 0.520. The van der Waals surface area contributed by atoms with Crippen LogP contribution in [-0.2, 0) is 14.2 Å². The zero-order valence-electron chi connectivity index (χ0n) is 4.95. The Hall–Kier alpha value is -0.120. The van der Waals surface area contributed by atoms with Gasteiger partial charge in [0.05, 0.1) is 18.8 Å². The first-order valence-corrected chi connectivity index (χ1v) is 3.36. The highest BCUT2D eigenvalue weighted by Crippen LogP contribution is 2.40. The maximum absolute atomic E-state index is 5.40. The molecule has 3 aliphatic rings. The van der Waals surface area contributed by atoms with Gasteiger partial charge in [0.25, 0.3) is 0 Å². The van der Waals surface area contributed by atoms with Gasteiger partial charge in [-0.3, -0.25) is 0 Å². The minimum atomic E-state index is -0.0197. The first-order chi connectivity index (χ1) is 4.43. The highest BCUT2D eigenvalue weighted by molar-refractivity contribution is 4.97. The molecule has 2 bridgehead atoms. The van der Waals surface area contributed by atoms with E-state index in [2.05, 4.69) is 0 Å². The van der Waals surface area contributed by atoms with E-state index in [0.29, 0.717) is 12.2 Å². The van der Waals surface area contributed by atoms with Crippen LogP contribution >= 0.6 is 0 Å². The molecule has 3 rings (SSSR count). The van der Waals surface area contributed by atoms with E-state index < -0.39 is 0 Å². The number of hydrogen-bond acceptors (Lipinski definition) is 3. The Morgan fingerprint density at radius 2 is 2.22 bits per heavy atom. The van der Waals surface area contributed by atoms with Gasteiger partial charge in [0, 0.05) is 6.42 Å². The van der Waals surface area contributed by atoms with E-state index in [1.54, 1.807) is 0 Å². The maximum Gasteiger partial charge on any atom is 0.186 e. The number of epoxide rings is 1. The zero-order chi connectivity index (χ0) is 5.84. The first-order valence-electron chi connectivity index (χ1n) is 3.36. The van der Waals surface area contributed by atoms with Crippen molar-refractivity contribution in [1.82, 2.24) is 0 Å². The molecule has 4 atom stereocenters. The van der Waals surface area contributed by atoms with Crippen LogP contribution in [0, 0.1) is 0 Å². The number of hydrogen-bond donors (Lipinski definition) is 0. The second-order valence-electron chi connectivity index (χ2n) is 2.83. The van der Waals surface area contributed by atoms with Crippen molar-refractivity contribution in [1.29, 1.82) is 0 Å². The molecule has 3 saturated heterocycles. The standard InChI is InChI=1S/C6H8O3/c1-3-2-7-6(8-3)5-4(1)9-5/h3-6H,1-2H2/t3-,4-,5-,6+/m0/s1. The number of rotatable bonds is 0. The van der Waals surface area contributed by atoms with Gasteiger partial charge in [0.15, 0.2) is 6.29 Å². The average Bonchev–Trinajstić information content (AvgIpc) is 2.50. The van der Waals surface area contributed by atoms with Crippen molar-refractivity contribution in [3.05, 3.63) is 0 Å². The predicted octanol–water partition coefficient (Wildman–Crippen LogP) is -0.101. The van der Waals surface area contributed by atoms with Crippen molar-refractivity contribution in [3.8, 4) is 0 Å². The Kier molecular flexibility index (Phi) is 0.678. The quantitative estimate of drug-likeness (QED) is 0.427. The van der Waals surface area contributed by atoms with Crippen LogP contribution in [0.15, 0.2) is 0 Å². The van der Waals surface area contributed by atoms with Crippen LogP contribution in [0.4, 0.5) is 0 Å². The molecule has 0 aromatic rings. The largest absolute Gasteiger partial charge is 0.364 e. The van der Waals surface area contributed by atoms with E-state index in [4.69, 9.17) is 14.2 Å². The topological polar surface area (TPSA) is 31.0 Å². The molecule has 3 heterocycles. The lowest BCUT2D eigenvalue weighted by Crippen LogP contribution is -2.26. The van der Waals surface area contributed by atoms with Gasteiger partial charge in [-0.2, -0.15) is 0 Å². The van der Waals surface area contributed by atoms with Gasteiger partial charge in [-0.05, 0) is 0 Å². The number of ether oxygens (including phenoxy) is 3. The van der Waals surface area contributed by atoms with Crippen LogP contribution in [0.2, 0.25) is 0 Å². The molecule has 0 unspecified atom stereocenters. The molecule has 9 heavy (non-hydrogen) atoms. The highest BCUT2D eigenvalue weighted by atomic mass is 16.8. The van der Waals surface area contributed by atoms with Gasteiger partial charge in [-0.25, -0.2) is 0 Å². The van der Waals surface area contributed by atoms with Crippen molar-refractivity contribution in [2.75, 3.05) is 6.61 Å². The third-order valence-electron chi connectivity index (χ3n) is 2.16. The molecule has 0 saturated carbocycles. The lowest BCUT2D eigenvalue weighted by molar-refractivity contribution is -0.0784. The molecule has 50 valence electrons. The van der Waals surface area contributed by atoms with Crippen LogP contribution < -0.4 is 0 Å². The Labute approximate surface area is 52.9 Å². The van der Waals surface area contributed by atoms with Crippen molar-refractivity contribution < 1.29 is 14.2 Å². The van der Waals surface area contributed by atoms with E-state index in [1.165, 1.54) is 0 Å². The molecule has 0 radical (unpaired) electrons. The molecule has 3 heteroatoms. The van der Waals surface area contributed by atoms with Crippen molar-refractivity contribution >= 4 is 0 Å². The van der Waals surface area contributed by atoms with Gasteiger partial charge in [-0.15, -0.1) is 0 Å². The van der Waals surface area contributed by atoms with E-state index >= 15 is 0 Å². The summed E-state index contributed by atoms with van der Waals surface area (Å²) in [6.45, 7) is 0.779. The summed E-state index contributed by atoms with van der Waals surface area (Å²) in [5.74, 6) is 0. The summed E-state index contributed by atoms with van der Waals surface area (Å²) in [6.07, 6.45) is 2.11. The molecule has 0 aliphatic carbocycles. The lowest BCUT2D eigenvalue weighted by atomic mass is 10.1. The summed E-state index contributed by atoms with van der Waals surface area (Å²) in [5, 5.41) is 0. The Morgan fingerprint density at radius 1 is 1.22 bits per heavy atom. The van der Waals surface area contributed by atoms with Gasteiger partial charge in [-0.1, -0.05) is 0 Å². The second-order valence-corrected chi connectivity index (χ2v) is 2.83.